The summed E-state index contributed by atoms with van der Waals surface area (Å²) in [6, 6.07) is 13.4. The zero-order valence-corrected chi connectivity index (χ0v) is 33.2. The smallest absolute Gasteiger partial charge is 0.338 e. The molecule has 5 rings (SSSR count). The van der Waals surface area contributed by atoms with E-state index in [2.05, 4.69) is 54.5 Å². The summed E-state index contributed by atoms with van der Waals surface area (Å²) >= 11 is 10.6. The minimum atomic E-state index is -0.873. The lowest BCUT2D eigenvalue weighted by molar-refractivity contribution is -0.139. The molecule has 4 aromatic rings. The molecular formula is C35H31Br2IN2O8S. The second kappa shape index (κ2) is 16.0. The Balaban J connectivity index is 1.62. The molecule has 0 saturated carbocycles. The second-order valence-electron chi connectivity index (χ2n) is 10.5. The van der Waals surface area contributed by atoms with Gasteiger partial charge in [-0.3, -0.25) is 9.36 Å². The van der Waals surface area contributed by atoms with E-state index in [0.717, 1.165) is 13.6 Å². The van der Waals surface area contributed by atoms with Gasteiger partial charge in [0.05, 0.1) is 58.4 Å². The van der Waals surface area contributed by atoms with Gasteiger partial charge in [-0.25, -0.2) is 14.6 Å². The van der Waals surface area contributed by atoms with Crippen molar-refractivity contribution in [2.75, 3.05) is 27.4 Å². The SMILES string of the molecule is CCOC(=O)C1=C(C)N=c2s/c(=C\c3cc(Br)cc(I)c3OCc3ccc(C(=O)OCC)cc3)c(=O)n2[C@@H]1c1cc(OC)c(OC)cc1Br. The van der Waals surface area contributed by atoms with Gasteiger partial charge in [0.2, 0.25) is 0 Å². The fourth-order valence-corrected chi connectivity index (χ4v) is 8.54. The van der Waals surface area contributed by atoms with Crippen molar-refractivity contribution >= 4 is 83.8 Å². The van der Waals surface area contributed by atoms with E-state index in [1.807, 2.05) is 24.3 Å². The van der Waals surface area contributed by atoms with Gasteiger partial charge in [-0.05, 0) is 97.0 Å². The highest BCUT2D eigenvalue weighted by Crippen LogP contribution is 2.41. The van der Waals surface area contributed by atoms with Gasteiger partial charge >= 0.3 is 11.9 Å². The van der Waals surface area contributed by atoms with E-state index in [9.17, 15) is 14.4 Å². The molecule has 0 radical (unpaired) electrons. The average Bonchev–Trinajstić information content (AvgIpc) is 3.37. The first-order valence-electron chi connectivity index (χ1n) is 15.0. The van der Waals surface area contributed by atoms with Gasteiger partial charge in [0.15, 0.2) is 16.3 Å². The number of fused-ring (bicyclic) bond motifs is 1. The molecule has 2 heterocycles. The summed E-state index contributed by atoms with van der Waals surface area (Å²) in [5.74, 6) is 0.535. The van der Waals surface area contributed by atoms with Crippen LogP contribution in [-0.4, -0.2) is 43.9 Å². The van der Waals surface area contributed by atoms with Crippen LogP contribution in [0.4, 0.5) is 0 Å². The van der Waals surface area contributed by atoms with Crippen molar-refractivity contribution in [2.24, 2.45) is 4.99 Å². The maximum absolute atomic E-state index is 14.4. The van der Waals surface area contributed by atoms with E-state index in [4.69, 9.17) is 28.7 Å². The average molecular weight is 926 g/mol. The molecule has 1 aliphatic heterocycles. The highest BCUT2D eigenvalue weighted by molar-refractivity contribution is 14.1. The van der Waals surface area contributed by atoms with E-state index in [0.29, 0.717) is 60.0 Å². The highest BCUT2D eigenvalue weighted by atomic mass is 127. The number of ether oxygens (including phenoxy) is 5. The Bertz CT molecular complexity index is 2140. The van der Waals surface area contributed by atoms with Crippen molar-refractivity contribution in [3.8, 4) is 17.2 Å². The predicted octanol–water partition coefficient (Wildman–Crippen LogP) is 6.70. The minimum absolute atomic E-state index is 0.152. The van der Waals surface area contributed by atoms with Crippen LogP contribution >= 0.6 is 65.8 Å². The molecule has 3 aromatic carbocycles. The summed E-state index contributed by atoms with van der Waals surface area (Å²) < 4.78 is 32.0. The molecule has 0 saturated heterocycles. The molecule has 1 atom stereocenters. The van der Waals surface area contributed by atoms with Crippen molar-refractivity contribution in [3.05, 3.63) is 114 Å². The second-order valence-corrected chi connectivity index (χ2v) is 14.5. The van der Waals surface area contributed by atoms with Gasteiger partial charge in [-0.15, -0.1) is 0 Å². The van der Waals surface area contributed by atoms with Crippen LogP contribution in [0.5, 0.6) is 17.2 Å². The fourth-order valence-electron chi connectivity index (χ4n) is 5.25. The van der Waals surface area contributed by atoms with Crippen LogP contribution in [0.15, 0.2) is 78.5 Å². The number of carbonyl (C=O) groups excluding carboxylic acids is 2. The van der Waals surface area contributed by atoms with E-state index in [1.54, 1.807) is 51.1 Å². The Morgan fingerprint density at radius 1 is 0.980 bits per heavy atom. The number of aromatic nitrogens is 1. The normalized spacial score (nSPS) is 14.2. The summed E-state index contributed by atoms with van der Waals surface area (Å²) in [5.41, 5.74) is 2.89. The molecule has 0 N–H and O–H groups in total. The number of hydrogen-bond donors (Lipinski definition) is 0. The van der Waals surface area contributed by atoms with Crippen LogP contribution in [0.2, 0.25) is 0 Å². The number of rotatable bonds is 11. The number of thiazole rings is 1. The summed E-state index contributed by atoms with van der Waals surface area (Å²) in [7, 11) is 3.05. The summed E-state index contributed by atoms with van der Waals surface area (Å²) in [4.78, 5) is 45.0. The zero-order chi connectivity index (χ0) is 35.4. The van der Waals surface area contributed by atoms with Crippen molar-refractivity contribution in [3.63, 3.8) is 0 Å². The van der Waals surface area contributed by atoms with Crippen LogP contribution in [0.25, 0.3) is 6.08 Å². The van der Waals surface area contributed by atoms with E-state index < -0.39 is 12.0 Å². The van der Waals surface area contributed by atoms with Crippen LogP contribution in [0, 0.1) is 3.57 Å². The van der Waals surface area contributed by atoms with Crippen LogP contribution in [0.3, 0.4) is 0 Å². The molecule has 0 unspecified atom stereocenters. The standard InChI is InChI=1S/C35H31Br2IN2O8S/c1-6-46-33(42)20-10-8-19(9-11-20)17-48-31-21(12-22(36)14-25(31)38)13-28-32(41)40-30(23-15-26(44-4)27(45-5)16-24(23)37)29(34(43)47-7-2)18(3)39-35(40)49-28/h8-16,30H,6-7,17H2,1-5H3/b28-13-/t30-/m1/s1. The van der Waals surface area contributed by atoms with Crippen molar-refractivity contribution < 1.29 is 33.3 Å². The summed E-state index contributed by atoms with van der Waals surface area (Å²) in [6.45, 7) is 5.89. The first-order chi connectivity index (χ1) is 23.5. The van der Waals surface area contributed by atoms with E-state index >= 15 is 0 Å². The number of allylic oxidation sites excluding steroid dienone is 1. The maximum atomic E-state index is 14.4. The van der Waals surface area contributed by atoms with Gasteiger partial charge in [-0.2, -0.15) is 0 Å². The van der Waals surface area contributed by atoms with Crippen LogP contribution in [0.1, 0.15) is 53.9 Å². The highest BCUT2D eigenvalue weighted by Gasteiger charge is 2.35. The number of halogens is 3. The summed E-state index contributed by atoms with van der Waals surface area (Å²) in [6.07, 6.45) is 1.76. The lowest BCUT2D eigenvalue weighted by Crippen LogP contribution is -2.40. The van der Waals surface area contributed by atoms with E-state index in [-0.39, 0.29) is 30.3 Å². The first kappa shape index (κ1) is 36.8. The molecule has 1 aliphatic rings. The lowest BCUT2D eigenvalue weighted by atomic mass is 9.95. The molecule has 0 aliphatic carbocycles. The Morgan fingerprint density at radius 2 is 1.63 bits per heavy atom. The Labute approximate surface area is 316 Å². The molecule has 14 heteroatoms. The molecule has 0 bridgehead atoms. The number of esters is 2. The number of methoxy groups -OCH3 is 2. The topological polar surface area (TPSA) is 115 Å². The van der Waals surface area contributed by atoms with Gasteiger partial charge < -0.3 is 23.7 Å². The third kappa shape index (κ3) is 7.81. The third-order valence-corrected chi connectivity index (χ3v) is 10.4. The van der Waals surface area contributed by atoms with Gasteiger partial charge in [0.25, 0.3) is 5.56 Å². The monoisotopic (exact) mass is 924 g/mol. The minimum Gasteiger partial charge on any atom is -0.493 e. The lowest BCUT2D eigenvalue weighted by Gasteiger charge is -2.26. The molecule has 0 spiro atoms. The zero-order valence-electron chi connectivity index (χ0n) is 27.1. The van der Waals surface area contributed by atoms with Gasteiger partial charge in [0.1, 0.15) is 12.4 Å². The predicted molar refractivity (Wildman–Crippen MR) is 201 cm³/mol. The molecular weight excluding hydrogens is 895 g/mol. The van der Waals surface area contributed by atoms with Crippen molar-refractivity contribution in [1.82, 2.24) is 4.57 Å². The first-order valence-corrected chi connectivity index (χ1v) is 18.5. The van der Waals surface area contributed by atoms with Gasteiger partial charge in [-0.1, -0.05) is 55.3 Å². The molecule has 10 nitrogen and oxygen atoms in total. The number of nitrogens with zero attached hydrogens (tertiary/aromatic N) is 2. The van der Waals surface area contributed by atoms with Gasteiger partial charge in [0, 0.05) is 14.5 Å². The molecule has 0 amide bonds. The largest absolute Gasteiger partial charge is 0.493 e. The number of hydrogen-bond acceptors (Lipinski definition) is 10. The van der Waals surface area contributed by atoms with E-state index in [1.165, 1.54) is 30.1 Å². The Hall–Kier alpha value is -3.47. The third-order valence-electron chi connectivity index (χ3n) is 7.49. The Morgan fingerprint density at radius 3 is 2.29 bits per heavy atom. The van der Waals surface area contributed by atoms with Crippen molar-refractivity contribution in [1.29, 1.82) is 0 Å². The maximum Gasteiger partial charge on any atom is 0.338 e. The van der Waals surface area contributed by atoms with Crippen LogP contribution in [-0.2, 0) is 20.9 Å². The Kier molecular flexibility index (Phi) is 12.0. The quantitative estimate of drug-likeness (QED) is 0.121. The molecule has 0 fully saturated rings. The number of benzene rings is 3. The molecule has 1 aromatic heterocycles. The molecule has 256 valence electrons. The molecule has 49 heavy (non-hydrogen) atoms. The van der Waals surface area contributed by atoms with Crippen molar-refractivity contribution in [2.45, 2.75) is 33.4 Å². The fraction of sp³-hybridized carbons (Fsp3) is 0.257. The summed E-state index contributed by atoms with van der Waals surface area (Å²) in [5, 5.41) is 0. The van der Waals surface area contributed by atoms with Crippen LogP contribution < -0.4 is 29.1 Å². The number of carbonyl (C=O) groups is 2.